The molecule has 2 aromatic heterocycles. The Kier molecular flexibility index (Phi) is 5.72. The number of amides is 1. The average Bonchev–Trinajstić information content (AvgIpc) is 3.22. The van der Waals surface area contributed by atoms with E-state index in [9.17, 15) is 4.79 Å². The Balaban J connectivity index is 1.70. The fourth-order valence-corrected chi connectivity index (χ4v) is 4.75. The summed E-state index contributed by atoms with van der Waals surface area (Å²) < 4.78 is 7.78. The molecule has 1 saturated carbocycles. The van der Waals surface area contributed by atoms with Crippen LogP contribution in [0.3, 0.4) is 0 Å². The zero-order chi connectivity index (χ0) is 19.8. The number of unbranched alkanes of at least 4 members (excludes halogenated alkanes) is 1. The fraction of sp³-hybridized carbons (Fsp3) is 0.650. The number of aromatic nitrogens is 3. The van der Waals surface area contributed by atoms with Gasteiger partial charge in [-0.05, 0) is 19.8 Å². The van der Waals surface area contributed by atoms with E-state index >= 15 is 0 Å². The first kappa shape index (κ1) is 20.0. The molecule has 2 atom stereocenters. The van der Waals surface area contributed by atoms with Crippen LogP contribution in [0.2, 0.25) is 0 Å². The third-order valence-electron chi connectivity index (χ3n) is 5.67. The lowest BCUT2D eigenvalue weighted by Gasteiger charge is -2.54. The van der Waals surface area contributed by atoms with Crippen molar-refractivity contribution >= 4 is 17.2 Å². The van der Waals surface area contributed by atoms with Crippen molar-refractivity contribution in [1.29, 1.82) is 0 Å². The van der Waals surface area contributed by atoms with Gasteiger partial charge in [0.05, 0.1) is 18.0 Å². The molecule has 27 heavy (non-hydrogen) atoms. The lowest BCUT2D eigenvalue weighted by molar-refractivity contribution is -0.140. The first-order valence-corrected chi connectivity index (χ1v) is 10.4. The molecule has 148 valence electrons. The molecule has 1 aliphatic rings. The van der Waals surface area contributed by atoms with E-state index in [0.29, 0.717) is 4.88 Å². The Morgan fingerprint density at radius 2 is 2.22 bits per heavy atom. The van der Waals surface area contributed by atoms with Crippen molar-refractivity contribution in [2.45, 2.75) is 59.1 Å². The van der Waals surface area contributed by atoms with Crippen molar-refractivity contribution in [3.8, 4) is 10.6 Å². The Morgan fingerprint density at radius 3 is 2.81 bits per heavy atom. The summed E-state index contributed by atoms with van der Waals surface area (Å²) in [5.41, 5.74) is 1.69. The second-order valence-corrected chi connectivity index (χ2v) is 9.04. The van der Waals surface area contributed by atoms with E-state index in [1.807, 2.05) is 32.1 Å². The standard InChI is InChI=1S/C20H30N4O2S/c1-7-8-9-26-16-10-15(20(16,3)4)24(6)19(25)17-13(2)22-18(27-17)14-11-21-23(5)12-14/h11-12,15-16H,7-10H2,1-6H3/t15-,16-/m1/s1. The summed E-state index contributed by atoms with van der Waals surface area (Å²) in [6.45, 7) is 9.27. The number of hydrogen-bond donors (Lipinski definition) is 0. The van der Waals surface area contributed by atoms with Crippen LogP contribution in [0, 0.1) is 12.3 Å². The van der Waals surface area contributed by atoms with Gasteiger partial charge in [0.25, 0.3) is 5.91 Å². The van der Waals surface area contributed by atoms with Gasteiger partial charge < -0.3 is 9.64 Å². The minimum absolute atomic E-state index is 0.0388. The van der Waals surface area contributed by atoms with Crippen LogP contribution in [-0.2, 0) is 11.8 Å². The van der Waals surface area contributed by atoms with Gasteiger partial charge in [-0.2, -0.15) is 5.10 Å². The van der Waals surface area contributed by atoms with Gasteiger partial charge in [0.2, 0.25) is 0 Å². The van der Waals surface area contributed by atoms with Gasteiger partial charge in [0, 0.05) is 43.9 Å². The number of rotatable bonds is 7. The molecule has 0 radical (unpaired) electrons. The molecular formula is C20H30N4O2S. The van der Waals surface area contributed by atoms with E-state index in [0.717, 1.165) is 42.1 Å². The smallest absolute Gasteiger partial charge is 0.265 e. The van der Waals surface area contributed by atoms with Gasteiger partial charge >= 0.3 is 0 Å². The summed E-state index contributed by atoms with van der Waals surface area (Å²) in [5, 5.41) is 5.03. The van der Waals surface area contributed by atoms with Crippen molar-refractivity contribution < 1.29 is 9.53 Å². The first-order chi connectivity index (χ1) is 12.8. The quantitative estimate of drug-likeness (QED) is 0.673. The number of carbonyl (C=O) groups excluding carboxylic acids is 1. The van der Waals surface area contributed by atoms with E-state index in [1.165, 1.54) is 11.3 Å². The number of aryl methyl sites for hydroxylation is 2. The Morgan fingerprint density at radius 1 is 1.48 bits per heavy atom. The van der Waals surface area contributed by atoms with Crippen LogP contribution in [0.1, 0.15) is 55.4 Å². The zero-order valence-corrected chi connectivity index (χ0v) is 18.0. The molecule has 3 rings (SSSR count). The maximum absolute atomic E-state index is 13.1. The molecule has 1 aliphatic carbocycles. The van der Waals surface area contributed by atoms with Crippen molar-refractivity contribution in [1.82, 2.24) is 19.7 Å². The van der Waals surface area contributed by atoms with Crippen molar-refractivity contribution in [3.05, 3.63) is 23.0 Å². The number of ether oxygens (including phenoxy) is 1. The third-order valence-corrected chi connectivity index (χ3v) is 6.87. The number of carbonyl (C=O) groups is 1. The number of nitrogens with zero attached hydrogens (tertiary/aromatic N) is 4. The molecule has 2 heterocycles. The van der Waals surface area contributed by atoms with Crippen LogP contribution < -0.4 is 0 Å². The summed E-state index contributed by atoms with van der Waals surface area (Å²) in [6.07, 6.45) is 7.04. The van der Waals surface area contributed by atoms with Crippen LogP contribution >= 0.6 is 11.3 Å². The summed E-state index contributed by atoms with van der Waals surface area (Å²) in [6, 6.07) is 0.181. The summed E-state index contributed by atoms with van der Waals surface area (Å²) in [5.74, 6) is 0.0465. The highest BCUT2D eigenvalue weighted by molar-refractivity contribution is 7.17. The lowest BCUT2D eigenvalue weighted by atomic mass is 9.63. The fourth-order valence-electron chi connectivity index (χ4n) is 3.73. The summed E-state index contributed by atoms with van der Waals surface area (Å²) in [7, 11) is 3.78. The largest absolute Gasteiger partial charge is 0.378 e. The van der Waals surface area contributed by atoms with Gasteiger partial charge in [0.1, 0.15) is 9.88 Å². The SMILES string of the molecule is CCCCO[C@@H]1C[C@@H](N(C)C(=O)c2sc(-c3cnn(C)c3)nc2C)C1(C)C. The second-order valence-electron chi connectivity index (χ2n) is 8.04. The molecule has 0 bridgehead atoms. The predicted molar refractivity (Wildman–Crippen MR) is 108 cm³/mol. The van der Waals surface area contributed by atoms with Crippen molar-refractivity contribution in [2.75, 3.05) is 13.7 Å². The van der Waals surface area contributed by atoms with E-state index in [4.69, 9.17) is 4.74 Å². The minimum Gasteiger partial charge on any atom is -0.378 e. The van der Waals surface area contributed by atoms with Crippen LogP contribution in [0.4, 0.5) is 0 Å². The highest BCUT2D eigenvalue weighted by Crippen LogP contribution is 2.46. The lowest BCUT2D eigenvalue weighted by Crippen LogP contribution is -2.62. The average molecular weight is 391 g/mol. The monoisotopic (exact) mass is 390 g/mol. The highest BCUT2D eigenvalue weighted by atomic mass is 32.1. The predicted octanol–water partition coefficient (Wildman–Crippen LogP) is 3.91. The maximum atomic E-state index is 13.1. The molecule has 0 spiro atoms. The number of thiazole rings is 1. The highest BCUT2D eigenvalue weighted by Gasteiger charge is 2.52. The van der Waals surface area contributed by atoms with Gasteiger partial charge in [-0.3, -0.25) is 9.48 Å². The van der Waals surface area contributed by atoms with Crippen LogP contribution in [0.5, 0.6) is 0 Å². The molecule has 1 fully saturated rings. The molecule has 7 heteroatoms. The Bertz CT molecular complexity index is 811. The maximum Gasteiger partial charge on any atom is 0.265 e. The van der Waals surface area contributed by atoms with Crippen molar-refractivity contribution in [2.24, 2.45) is 12.5 Å². The third kappa shape index (κ3) is 3.80. The van der Waals surface area contributed by atoms with E-state index in [1.54, 1.807) is 10.9 Å². The van der Waals surface area contributed by atoms with Crippen LogP contribution in [-0.4, -0.2) is 51.4 Å². The van der Waals surface area contributed by atoms with Gasteiger partial charge in [-0.1, -0.05) is 27.2 Å². The van der Waals surface area contributed by atoms with Crippen LogP contribution in [0.25, 0.3) is 10.6 Å². The minimum atomic E-state index is -0.0388. The first-order valence-electron chi connectivity index (χ1n) is 9.60. The van der Waals surface area contributed by atoms with E-state index in [2.05, 4.69) is 30.9 Å². The number of hydrogen-bond acceptors (Lipinski definition) is 5. The molecule has 0 aromatic carbocycles. The Labute approximate surface area is 165 Å². The molecular weight excluding hydrogens is 360 g/mol. The van der Waals surface area contributed by atoms with Gasteiger partial charge in [0.15, 0.2) is 0 Å². The van der Waals surface area contributed by atoms with Crippen molar-refractivity contribution in [3.63, 3.8) is 0 Å². The molecule has 0 aliphatic heterocycles. The van der Waals surface area contributed by atoms with Gasteiger partial charge in [-0.25, -0.2) is 4.98 Å². The van der Waals surface area contributed by atoms with Crippen LogP contribution in [0.15, 0.2) is 12.4 Å². The Hall–Kier alpha value is -1.73. The second kappa shape index (κ2) is 7.72. The molecule has 0 saturated heterocycles. The summed E-state index contributed by atoms with van der Waals surface area (Å²) in [4.78, 5) is 20.3. The molecule has 1 amide bonds. The molecule has 6 nitrogen and oxygen atoms in total. The summed E-state index contributed by atoms with van der Waals surface area (Å²) >= 11 is 1.45. The molecule has 0 N–H and O–H groups in total. The van der Waals surface area contributed by atoms with E-state index in [-0.39, 0.29) is 23.5 Å². The molecule has 0 unspecified atom stereocenters. The molecule has 2 aromatic rings. The topological polar surface area (TPSA) is 60.2 Å². The van der Waals surface area contributed by atoms with Gasteiger partial charge in [-0.15, -0.1) is 11.3 Å². The normalized spacial score (nSPS) is 21.1. The van der Waals surface area contributed by atoms with E-state index < -0.39 is 0 Å². The zero-order valence-electron chi connectivity index (χ0n) is 17.2.